The molecule has 27 heavy (non-hydrogen) atoms. The molecule has 2 amide bonds. The number of thiophene rings is 1. The van der Waals surface area contributed by atoms with E-state index in [1.807, 2.05) is 41.8 Å². The number of thiocarbonyl (C=S) groups is 1. The number of ether oxygens (including phenoxy) is 1. The van der Waals surface area contributed by atoms with E-state index >= 15 is 0 Å². The summed E-state index contributed by atoms with van der Waals surface area (Å²) in [6.45, 7) is 0.722. The van der Waals surface area contributed by atoms with Crippen molar-refractivity contribution in [2.75, 3.05) is 20.2 Å². The molecule has 2 aromatic rings. The minimum absolute atomic E-state index is 0.0604. The van der Waals surface area contributed by atoms with E-state index in [1.165, 1.54) is 16.7 Å². The van der Waals surface area contributed by atoms with Crippen LogP contribution in [-0.4, -0.2) is 41.2 Å². The molecular weight excluding hydrogens is 400 g/mol. The fraction of sp³-hybridized carbons (Fsp3) is 0.211. The fourth-order valence-electron chi connectivity index (χ4n) is 2.52. The Hall–Kier alpha value is -2.16. The van der Waals surface area contributed by atoms with E-state index in [9.17, 15) is 9.59 Å². The summed E-state index contributed by atoms with van der Waals surface area (Å²) in [5.74, 6) is 0.530. The number of amides is 2. The second kappa shape index (κ2) is 9.16. The summed E-state index contributed by atoms with van der Waals surface area (Å²) in [6.07, 6.45) is 2.16. The Bertz CT molecular complexity index is 878. The average Bonchev–Trinajstić information content (AvgIpc) is 3.25. The number of nitrogens with one attached hydrogen (secondary N) is 1. The molecule has 1 aromatic heterocycles. The van der Waals surface area contributed by atoms with Crippen molar-refractivity contribution in [2.45, 2.75) is 6.42 Å². The topological polar surface area (TPSA) is 58.6 Å². The third kappa shape index (κ3) is 5.18. The number of benzene rings is 1. The van der Waals surface area contributed by atoms with Gasteiger partial charge in [0, 0.05) is 18.0 Å². The number of nitrogens with zero attached hydrogens (tertiary/aromatic N) is 1. The van der Waals surface area contributed by atoms with Crippen LogP contribution >= 0.6 is 35.3 Å². The molecule has 0 atom stereocenters. The highest BCUT2D eigenvalue weighted by Crippen LogP contribution is 2.32. The first-order valence-corrected chi connectivity index (χ1v) is 10.4. The minimum atomic E-state index is -0.139. The van der Waals surface area contributed by atoms with Crippen LogP contribution in [0.4, 0.5) is 0 Å². The number of carbonyl (C=O) groups is 2. The van der Waals surface area contributed by atoms with Crippen LogP contribution in [0.5, 0.6) is 5.75 Å². The molecule has 1 aromatic carbocycles. The molecule has 0 radical (unpaired) electrons. The highest BCUT2D eigenvalue weighted by Gasteiger charge is 2.31. The third-order valence-electron chi connectivity index (χ3n) is 3.84. The highest BCUT2D eigenvalue weighted by atomic mass is 32.2. The van der Waals surface area contributed by atoms with Crippen LogP contribution in [0.1, 0.15) is 10.4 Å². The van der Waals surface area contributed by atoms with Gasteiger partial charge in [-0.15, -0.1) is 11.3 Å². The molecule has 1 fully saturated rings. The van der Waals surface area contributed by atoms with Gasteiger partial charge in [-0.2, -0.15) is 0 Å². The maximum absolute atomic E-state index is 12.6. The van der Waals surface area contributed by atoms with Gasteiger partial charge < -0.3 is 10.1 Å². The van der Waals surface area contributed by atoms with Gasteiger partial charge in [0.15, 0.2) is 0 Å². The lowest BCUT2D eigenvalue weighted by Crippen LogP contribution is -2.37. The smallest absolute Gasteiger partial charge is 0.266 e. The predicted octanol–water partition coefficient (Wildman–Crippen LogP) is 3.32. The van der Waals surface area contributed by atoms with Crippen molar-refractivity contribution in [1.29, 1.82) is 0 Å². The van der Waals surface area contributed by atoms with Crippen molar-refractivity contribution in [1.82, 2.24) is 10.2 Å². The Morgan fingerprint density at radius 1 is 1.33 bits per heavy atom. The van der Waals surface area contributed by atoms with Crippen LogP contribution in [-0.2, 0) is 16.0 Å². The van der Waals surface area contributed by atoms with Crippen LogP contribution in [0.15, 0.2) is 46.7 Å². The van der Waals surface area contributed by atoms with Gasteiger partial charge >= 0.3 is 0 Å². The highest BCUT2D eigenvalue weighted by molar-refractivity contribution is 8.26. The quantitative estimate of drug-likeness (QED) is 0.552. The van der Waals surface area contributed by atoms with Crippen molar-refractivity contribution < 1.29 is 14.3 Å². The Balaban J connectivity index is 1.55. The molecule has 8 heteroatoms. The lowest BCUT2D eigenvalue weighted by Gasteiger charge is -2.14. The van der Waals surface area contributed by atoms with Gasteiger partial charge in [-0.3, -0.25) is 14.5 Å². The van der Waals surface area contributed by atoms with E-state index in [0.29, 0.717) is 28.7 Å². The van der Waals surface area contributed by atoms with Crippen LogP contribution in [0.25, 0.3) is 6.08 Å². The molecule has 140 valence electrons. The molecular formula is C19H18N2O3S3. The molecule has 0 aliphatic carbocycles. The number of hydrogen-bond donors (Lipinski definition) is 1. The van der Waals surface area contributed by atoms with Crippen molar-refractivity contribution >= 4 is 57.5 Å². The fourth-order valence-corrected chi connectivity index (χ4v) is 4.53. The zero-order chi connectivity index (χ0) is 19.2. The summed E-state index contributed by atoms with van der Waals surface area (Å²) >= 11 is 8.14. The number of hydrogen-bond acceptors (Lipinski definition) is 6. The first kappa shape index (κ1) is 19.6. The normalized spacial score (nSPS) is 15.4. The Morgan fingerprint density at radius 2 is 2.19 bits per heavy atom. The maximum atomic E-state index is 12.6. The van der Waals surface area contributed by atoms with Crippen LogP contribution in [0.2, 0.25) is 0 Å². The Morgan fingerprint density at radius 3 is 2.93 bits per heavy atom. The van der Waals surface area contributed by atoms with Gasteiger partial charge in [0.1, 0.15) is 10.1 Å². The molecule has 0 unspecified atom stereocenters. The average molecular weight is 419 g/mol. The molecule has 1 aliphatic heterocycles. The van der Waals surface area contributed by atoms with Crippen molar-refractivity contribution in [3.05, 3.63) is 57.1 Å². The molecule has 2 heterocycles. The van der Waals surface area contributed by atoms with Crippen LogP contribution < -0.4 is 10.1 Å². The summed E-state index contributed by atoms with van der Waals surface area (Å²) < 4.78 is 5.71. The molecule has 3 rings (SSSR count). The van der Waals surface area contributed by atoms with Crippen molar-refractivity contribution in [3.63, 3.8) is 0 Å². The largest absolute Gasteiger partial charge is 0.497 e. The second-order valence-electron chi connectivity index (χ2n) is 5.72. The van der Waals surface area contributed by atoms with Gasteiger partial charge in [-0.25, -0.2) is 0 Å². The van der Waals surface area contributed by atoms with Crippen LogP contribution in [0.3, 0.4) is 0 Å². The monoisotopic (exact) mass is 418 g/mol. The molecule has 5 nitrogen and oxygen atoms in total. The van der Waals surface area contributed by atoms with Gasteiger partial charge in [-0.1, -0.05) is 42.2 Å². The molecule has 1 aliphatic rings. The Kier molecular flexibility index (Phi) is 6.65. The Labute approximate surface area is 171 Å². The van der Waals surface area contributed by atoms with Crippen LogP contribution in [0, 0.1) is 0 Å². The number of carbonyl (C=O) groups excluding carboxylic acids is 2. The first-order valence-electron chi connectivity index (χ1n) is 8.25. The SMILES string of the molecule is COc1cccc(/C=C2/SC(=S)N(CCNC(=O)Cc3cccs3)C2=O)c1. The zero-order valence-electron chi connectivity index (χ0n) is 14.6. The lowest BCUT2D eigenvalue weighted by molar-refractivity contribution is -0.123. The minimum Gasteiger partial charge on any atom is -0.497 e. The first-order chi connectivity index (χ1) is 13.1. The van der Waals surface area contributed by atoms with E-state index in [1.54, 1.807) is 24.5 Å². The summed E-state index contributed by atoms with van der Waals surface area (Å²) in [7, 11) is 1.60. The van der Waals surface area contributed by atoms with Gasteiger partial charge in [0.25, 0.3) is 5.91 Å². The van der Waals surface area contributed by atoms with Crippen molar-refractivity contribution in [2.24, 2.45) is 0 Å². The van der Waals surface area contributed by atoms with Gasteiger partial charge in [-0.05, 0) is 35.2 Å². The second-order valence-corrected chi connectivity index (χ2v) is 8.42. The number of methoxy groups -OCH3 is 1. The third-order valence-corrected chi connectivity index (χ3v) is 6.09. The molecule has 0 saturated carbocycles. The summed E-state index contributed by atoms with van der Waals surface area (Å²) in [4.78, 5) is 27.7. The van der Waals surface area contributed by atoms with E-state index in [2.05, 4.69) is 5.32 Å². The zero-order valence-corrected chi connectivity index (χ0v) is 17.1. The summed E-state index contributed by atoms with van der Waals surface area (Å²) in [5.41, 5.74) is 0.874. The molecule has 1 saturated heterocycles. The standard InChI is InChI=1S/C19H18N2O3S3/c1-24-14-5-2-4-13(10-14)11-16-18(23)21(19(25)27-16)8-7-20-17(22)12-15-6-3-9-26-15/h2-6,9-11H,7-8,12H2,1H3,(H,20,22)/b16-11+. The maximum Gasteiger partial charge on any atom is 0.266 e. The van der Waals surface area contributed by atoms with Crippen molar-refractivity contribution in [3.8, 4) is 5.75 Å². The predicted molar refractivity (Wildman–Crippen MR) is 114 cm³/mol. The van der Waals surface area contributed by atoms with E-state index in [-0.39, 0.29) is 11.8 Å². The van der Waals surface area contributed by atoms with E-state index < -0.39 is 0 Å². The molecule has 0 spiro atoms. The van der Waals surface area contributed by atoms with Gasteiger partial charge in [0.2, 0.25) is 5.91 Å². The summed E-state index contributed by atoms with van der Waals surface area (Å²) in [5, 5.41) is 4.78. The van der Waals surface area contributed by atoms with Gasteiger partial charge in [0.05, 0.1) is 18.4 Å². The van der Waals surface area contributed by atoms with E-state index in [0.717, 1.165) is 16.2 Å². The number of rotatable bonds is 7. The van der Waals surface area contributed by atoms with E-state index in [4.69, 9.17) is 17.0 Å². The molecule has 1 N–H and O–H groups in total. The number of thioether (sulfide) groups is 1. The molecule has 0 bridgehead atoms. The summed E-state index contributed by atoms with van der Waals surface area (Å²) in [6, 6.07) is 11.3. The lowest BCUT2D eigenvalue weighted by atomic mass is 10.2.